The highest BCUT2D eigenvalue weighted by Crippen LogP contribution is 2.26. The Hall–Kier alpha value is -1.11. The van der Waals surface area contributed by atoms with Crippen molar-refractivity contribution in [2.24, 2.45) is 0 Å². The van der Waals surface area contributed by atoms with E-state index in [2.05, 4.69) is 9.72 Å². The molecule has 0 N–H and O–H groups in total. The molecule has 1 aromatic heterocycles. The van der Waals surface area contributed by atoms with E-state index in [9.17, 15) is 17.6 Å². The molecule has 0 aliphatic heterocycles. The lowest BCUT2D eigenvalue weighted by Crippen LogP contribution is -2.18. The first-order valence-electron chi connectivity index (χ1n) is 4.24. The van der Waals surface area contributed by atoms with Crippen LogP contribution in [0, 0.1) is 15.0 Å². The highest BCUT2D eigenvalue weighted by atomic mass is 127. The van der Waals surface area contributed by atoms with Crippen molar-refractivity contribution < 1.29 is 22.3 Å². The van der Waals surface area contributed by atoms with Gasteiger partial charge in [0.25, 0.3) is 0 Å². The second-order valence-corrected chi connectivity index (χ2v) is 3.93. The molecule has 0 aromatic carbocycles. The third-order valence-corrected chi connectivity index (χ3v) is 2.66. The molecule has 0 bridgehead atoms. The Morgan fingerprint density at radius 3 is 2.59 bits per heavy atom. The first kappa shape index (κ1) is 14.0. The zero-order valence-electron chi connectivity index (χ0n) is 8.18. The molecular formula is C9H5F4IN2O. The number of halogens is 5. The third kappa shape index (κ3) is 3.99. The van der Waals surface area contributed by atoms with E-state index in [1.54, 1.807) is 28.7 Å². The van der Waals surface area contributed by atoms with Crippen molar-refractivity contribution in [3.63, 3.8) is 0 Å². The lowest BCUT2D eigenvalue weighted by Gasteiger charge is -2.11. The molecule has 0 radical (unpaired) electrons. The summed E-state index contributed by atoms with van der Waals surface area (Å²) in [6, 6.07) is 2.67. The zero-order valence-corrected chi connectivity index (χ0v) is 10.3. The van der Waals surface area contributed by atoms with Gasteiger partial charge < -0.3 is 4.74 Å². The largest absolute Gasteiger partial charge is 0.574 e. The van der Waals surface area contributed by atoms with Crippen LogP contribution in [0.5, 0.6) is 5.88 Å². The van der Waals surface area contributed by atoms with Crippen molar-refractivity contribution >= 4 is 22.6 Å². The number of nitriles is 1. The second kappa shape index (κ2) is 5.48. The number of alkyl halides is 4. The van der Waals surface area contributed by atoms with Gasteiger partial charge in [0.2, 0.25) is 5.88 Å². The van der Waals surface area contributed by atoms with E-state index in [0.717, 1.165) is 6.07 Å². The van der Waals surface area contributed by atoms with Gasteiger partial charge in [-0.3, -0.25) is 0 Å². The van der Waals surface area contributed by atoms with Gasteiger partial charge in [0, 0.05) is 11.6 Å². The molecule has 92 valence electrons. The Bertz CT molecular complexity index is 456. The second-order valence-electron chi connectivity index (χ2n) is 2.91. The van der Waals surface area contributed by atoms with E-state index in [1.807, 2.05) is 0 Å². The topological polar surface area (TPSA) is 45.9 Å². The average molecular weight is 360 g/mol. The van der Waals surface area contributed by atoms with Gasteiger partial charge in [-0.2, -0.15) is 5.26 Å². The van der Waals surface area contributed by atoms with E-state index in [0.29, 0.717) is 0 Å². The van der Waals surface area contributed by atoms with Crippen LogP contribution in [0.25, 0.3) is 0 Å². The standard InChI is InChI=1S/C9H5F4IN2O/c10-4-6-5(1-2-15)3-7(16-8(6)14)17-9(11,12)13/h3H,1,4H2. The van der Waals surface area contributed by atoms with E-state index in [4.69, 9.17) is 5.26 Å². The fraction of sp³-hybridized carbons (Fsp3) is 0.333. The number of ether oxygens (including phenoxy) is 1. The van der Waals surface area contributed by atoms with Crippen molar-refractivity contribution in [3.8, 4) is 11.9 Å². The minimum Gasteiger partial charge on any atom is -0.388 e. The van der Waals surface area contributed by atoms with Crippen LogP contribution < -0.4 is 4.74 Å². The summed E-state index contributed by atoms with van der Waals surface area (Å²) in [4.78, 5) is 3.47. The highest BCUT2D eigenvalue weighted by molar-refractivity contribution is 14.1. The Labute approximate surface area is 108 Å². The Kier molecular flexibility index (Phi) is 4.50. The maximum absolute atomic E-state index is 12.6. The van der Waals surface area contributed by atoms with E-state index in [1.165, 1.54) is 0 Å². The van der Waals surface area contributed by atoms with Gasteiger partial charge in [0.15, 0.2) is 0 Å². The summed E-state index contributed by atoms with van der Waals surface area (Å²) in [6.45, 7) is -0.894. The summed E-state index contributed by atoms with van der Waals surface area (Å²) >= 11 is 1.59. The van der Waals surface area contributed by atoms with Crippen molar-refractivity contribution in [1.82, 2.24) is 4.98 Å². The molecule has 1 heterocycles. The van der Waals surface area contributed by atoms with Gasteiger partial charge in [0.1, 0.15) is 10.4 Å². The van der Waals surface area contributed by atoms with Crippen LogP contribution in [-0.2, 0) is 13.1 Å². The number of nitrogens with zero attached hydrogens (tertiary/aromatic N) is 2. The van der Waals surface area contributed by atoms with Crippen LogP contribution in [0.15, 0.2) is 6.07 Å². The van der Waals surface area contributed by atoms with Crippen LogP contribution in [0.2, 0.25) is 0 Å². The Balaban J connectivity index is 3.15. The van der Waals surface area contributed by atoms with Crippen LogP contribution in [-0.4, -0.2) is 11.3 Å². The summed E-state index contributed by atoms with van der Waals surface area (Å²) in [5, 5.41) is 8.50. The predicted octanol–water partition coefficient (Wildman–Crippen LogP) is 3.12. The Morgan fingerprint density at radius 1 is 1.47 bits per heavy atom. The molecule has 0 unspecified atom stereocenters. The van der Waals surface area contributed by atoms with Gasteiger partial charge in [-0.05, 0) is 28.2 Å². The van der Waals surface area contributed by atoms with Crippen LogP contribution in [0.4, 0.5) is 17.6 Å². The van der Waals surface area contributed by atoms with Crippen LogP contribution >= 0.6 is 22.6 Å². The minimum atomic E-state index is -4.86. The van der Waals surface area contributed by atoms with Gasteiger partial charge in [-0.15, -0.1) is 13.2 Å². The molecule has 0 atom stereocenters. The zero-order chi connectivity index (χ0) is 13.1. The molecule has 0 amide bonds. The van der Waals surface area contributed by atoms with E-state index >= 15 is 0 Å². The molecule has 0 saturated carbocycles. The summed E-state index contributed by atoms with van der Waals surface area (Å²) in [5.74, 6) is -0.690. The van der Waals surface area contributed by atoms with Crippen molar-refractivity contribution in [2.75, 3.05) is 0 Å². The summed E-state index contributed by atoms with van der Waals surface area (Å²) in [7, 11) is 0. The van der Waals surface area contributed by atoms with Crippen molar-refractivity contribution in [1.29, 1.82) is 5.26 Å². The normalized spacial score (nSPS) is 11.1. The summed E-state index contributed by atoms with van der Waals surface area (Å²) < 4.78 is 52.2. The fourth-order valence-corrected chi connectivity index (χ4v) is 1.85. The first-order chi connectivity index (χ1) is 7.87. The average Bonchev–Trinajstić information content (AvgIpc) is 2.15. The lowest BCUT2D eigenvalue weighted by atomic mass is 10.1. The van der Waals surface area contributed by atoms with Crippen LogP contribution in [0.1, 0.15) is 11.1 Å². The van der Waals surface area contributed by atoms with Gasteiger partial charge in [-0.1, -0.05) is 0 Å². The SMILES string of the molecule is N#CCc1cc(OC(F)(F)F)nc(I)c1CF. The highest BCUT2D eigenvalue weighted by Gasteiger charge is 2.32. The number of hydrogen-bond donors (Lipinski definition) is 0. The fourth-order valence-electron chi connectivity index (χ4n) is 1.12. The van der Waals surface area contributed by atoms with Crippen LogP contribution in [0.3, 0.4) is 0 Å². The van der Waals surface area contributed by atoms with E-state index < -0.39 is 18.9 Å². The lowest BCUT2D eigenvalue weighted by molar-refractivity contribution is -0.276. The molecular weight excluding hydrogens is 355 g/mol. The maximum atomic E-state index is 12.6. The maximum Gasteiger partial charge on any atom is 0.574 e. The number of pyridine rings is 1. The Morgan fingerprint density at radius 2 is 2.12 bits per heavy atom. The quantitative estimate of drug-likeness (QED) is 0.473. The van der Waals surface area contributed by atoms with E-state index in [-0.39, 0.29) is 21.2 Å². The summed E-state index contributed by atoms with van der Waals surface area (Å²) in [5.41, 5.74) is 0.260. The molecule has 3 nitrogen and oxygen atoms in total. The number of aromatic nitrogens is 1. The molecule has 1 aromatic rings. The smallest absolute Gasteiger partial charge is 0.388 e. The summed E-state index contributed by atoms with van der Waals surface area (Å²) in [6.07, 6.45) is -5.07. The number of hydrogen-bond acceptors (Lipinski definition) is 3. The molecule has 1 rings (SSSR count). The predicted molar refractivity (Wildman–Crippen MR) is 57.8 cm³/mol. The first-order valence-corrected chi connectivity index (χ1v) is 5.32. The molecule has 0 aliphatic carbocycles. The molecule has 17 heavy (non-hydrogen) atoms. The molecule has 0 fully saturated rings. The van der Waals surface area contributed by atoms with Gasteiger partial charge >= 0.3 is 6.36 Å². The molecule has 0 aliphatic rings. The minimum absolute atomic E-state index is 0.0529. The van der Waals surface area contributed by atoms with Gasteiger partial charge in [0.05, 0.1) is 12.5 Å². The third-order valence-electron chi connectivity index (χ3n) is 1.77. The number of rotatable bonds is 3. The van der Waals surface area contributed by atoms with Crippen molar-refractivity contribution in [3.05, 3.63) is 20.9 Å². The molecule has 0 spiro atoms. The monoisotopic (exact) mass is 360 g/mol. The van der Waals surface area contributed by atoms with Gasteiger partial charge in [-0.25, -0.2) is 9.37 Å². The molecule has 8 heteroatoms. The van der Waals surface area contributed by atoms with Crippen molar-refractivity contribution in [2.45, 2.75) is 19.5 Å². The molecule has 0 saturated heterocycles.